The van der Waals surface area contributed by atoms with E-state index in [1.54, 1.807) is 6.20 Å². The Bertz CT molecular complexity index is 592. The summed E-state index contributed by atoms with van der Waals surface area (Å²) in [7, 11) is 0. The molecule has 0 bridgehead atoms. The van der Waals surface area contributed by atoms with Crippen molar-refractivity contribution >= 4 is 16.9 Å². The molecule has 0 saturated carbocycles. The van der Waals surface area contributed by atoms with Crippen molar-refractivity contribution in [2.75, 3.05) is 0 Å². The number of fused-ring (bicyclic) bond motifs is 1. The zero-order valence-corrected chi connectivity index (χ0v) is 10.3. The Morgan fingerprint density at radius 3 is 2.79 bits per heavy atom. The van der Waals surface area contributed by atoms with Gasteiger partial charge in [0.1, 0.15) is 11.8 Å². The van der Waals surface area contributed by atoms with Crippen molar-refractivity contribution in [3.8, 4) is 0 Å². The molecule has 0 radical (unpaired) electrons. The fourth-order valence-corrected chi connectivity index (χ4v) is 2.15. The summed E-state index contributed by atoms with van der Waals surface area (Å²) < 4.78 is 0. The van der Waals surface area contributed by atoms with Gasteiger partial charge in [0.2, 0.25) is 0 Å². The van der Waals surface area contributed by atoms with Crippen LogP contribution >= 0.6 is 0 Å². The fourth-order valence-electron chi connectivity index (χ4n) is 2.15. The molecule has 0 aliphatic heterocycles. The third-order valence-electron chi connectivity index (χ3n) is 3.06. The number of para-hydroxylation sites is 1. The van der Waals surface area contributed by atoms with E-state index in [1.165, 1.54) is 0 Å². The molecule has 6 heteroatoms. The number of aromatic nitrogens is 1. The van der Waals surface area contributed by atoms with Gasteiger partial charge in [-0.15, -0.1) is 0 Å². The highest BCUT2D eigenvalue weighted by Gasteiger charge is 2.28. The highest BCUT2D eigenvalue weighted by atomic mass is 16.4. The van der Waals surface area contributed by atoms with Crippen LogP contribution in [0, 0.1) is 0 Å². The minimum absolute atomic E-state index is 0.137. The van der Waals surface area contributed by atoms with Gasteiger partial charge in [-0.05, 0) is 11.6 Å². The number of H-pyrrole nitrogens is 1. The topological polar surface area (TPSA) is 125 Å². The molecule has 6 nitrogen and oxygen atoms in total. The number of carboxylic acids is 1. The second kappa shape index (κ2) is 5.00. The number of aromatic amines is 1. The van der Waals surface area contributed by atoms with Crippen molar-refractivity contribution in [3.05, 3.63) is 36.0 Å². The number of benzene rings is 1. The Morgan fingerprint density at radius 2 is 2.11 bits per heavy atom. The molecular formula is C13H17N3O3. The first kappa shape index (κ1) is 13.5. The summed E-state index contributed by atoms with van der Waals surface area (Å²) in [5.74, 6) is -1.18. The Morgan fingerprint density at radius 1 is 1.42 bits per heavy atom. The van der Waals surface area contributed by atoms with Gasteiger partial charge in [-0.1, -0.05) is 18.2 Å². The normalized spacial score (nSPS) is 16.2. The average molecular weight is 263 g/mol. The molecule has 1 heterocycles. The molecule has 7 N–H and O–H groups in total. The maximum atomic E-state index is 10.7. The largest absolute Gasteiger partial charge is 0.480 e. The molecule has 102 valence electrons. The molecule has 0 aliphatic rings. The van der Waals surface area contributed by atoms with Crippen LogP contribution in [0.4, 0.5) is 0 Å². The Balaban J connectivity index is 2.17. The molecule has 0 aliphatic carbocycles. The number of hydrogen-bond donors (Lipinski definition) is 5. The molecule has 19 heavy (non-hydrogen) atoms. The fraction of sp³-hybridized carbons (Fsp3) is 0.308. The van der Waals surface area contributed by atoms with Crippen LogP contribution in [-0.4, -0.2) is 32.9 Å². The summed E-state index contributed by atoms with van der Waals surface area (Å²) in [5, 5.41) is 19.8. The molecule has 1 aromatic carbocycles. The van der Waals surface area contributed by atoms with E-state index in [1.807, 2.05) is 24.3 Å². The van der Waals surface area contributed by atoms with E-state index in [0.717, 1.165) is 16.5 Å². The van der Waals surface area contributed by atoms with Gasteiger partial charge in [0.25, 0.3) is 0 Å². The molecule has 0 spiro atoms. The molecule has 0 saturated heterocycles. The zero-order valence-electron chi connectivity index (χ0n) is 10.3. The van der Waals surface area contributed by atoms with E-state index < -0.39 is 17.7 Å². The number of hydrogen-bond acceptors (Lipinski definition) is 4. The monoisotopic (exact) mass is 263 g/mol. The van der Waals surface area contributed by atoms with Gasteiger partial charge >= 0.3 is 5.97 Å². The van der Waals surface area contributed by atoms with E-state index in [4.69, 9.17) is 16.6 Å². The van der Waals surface area contributed by atoms with Crippen molar-refractivity contribution in [3.63, 3.8) is 0 Å². The van der Waals surface area contributed by atoms with E-state index in [9.17, 15) is 9.90 Å². The molecule has 0 amide bonds. The summed E-state index contributed by atoms with van der Waals surface area (Å²) in [6.45, 7) is 0. The first-order valence-corrected chi connectivity index (χ1v) is 5.94. The minimum Gasteiger partial charge on any atom is -0.480 e. The van der Waals surface area contributed by atoms with E-state index in [0.29, 0.717) is 0 Å². The lowest BCUT2D eigenvalue weighted by Crippen LogP contribution is -2.49. The van der Waals surface area contributed by atoms with E-state index in [2.05, 4.69) is 4.98 Å². The van der Waals surface area contributed by atoms with Crippen molar-refractivity contribution in [2.24, 2.45) is 11.5 Å². The van der Waals surface area contributed by atoms with Crippen molar-refractivity contribution < 1.29 is 15.0 Å². The quantitative estimate of drug-likeness (QED) is 0.491. The minimum atomic E-state index is -1.65. The number of nitrogens with one attached hydrogen (secondary N) is 1. The molecular weight excluding hydrogens is 246 g/mol. The van der Waals surface area contributed by atoms with E-state index >= 15 is 0 Å². The number of carbonyl (C=O) groups is 1. The number of nitrogens with two attached hydrogens (primary N) is 2. The zero-order chi connectivity index (χ0) is 14.0. The molecule has 0 fully saturated rings. The molecule has 1 aromatic heterocycles. The van der Waals surface area contributed by atoms with Crippen LogP contribution in [0.2, 0.25) is 0 Å². The first-order valence-electron chi connectivity index (χ1n) is 5.94. The van der Waals surface area contributed by atoms with Crippen LogP contribution in [-0.2, 0) is 11.2 Å². The summed E-state index contributed by atoms with van der Waals surface area (Å²) >= 11 is 0. The lowest BCUT2D eigenvalue weighted by atomic mass is 9.96. The second-order valence-corrected chi connectivity index (χ2v) is 4.79. The van der Waals surface area contributed by atoms with Crippen LogP contribution in [0.15, 0.2) is 30.5 Å². The van der Waals surface area contributed by atoms with Crippen molar-refractivity contribution in [2.45, 2.75) is 24.6 Å². The van der Waals surface area contributed by atoms with Gasteiger partial charge in [-0.3, -0.25) is 4.79 Å². The predicted molar refractivity (Wildman–Crippen MR) is 71.4 cm³/mol. The summed E-state index contributed by atoms with van der Waals surface area (Å²) in [5.41, 5.74) is 11.3. The smallest absolute Gasteiger partial charge is 0.320 e. The Kier molecular flexibility index (Phi) is 3.57. The average Bonchev–Trinajstić information content (AvgIpc) is 2.71. The highest BCUT2D eigenvalue weighted by molar-refractivity contribution is 5.83. The van der Waals surface area contributed by atoms with Crippen LogP contribution in [0.5, 0.6) is 0 Å². The van der Waals surface area contributed by atoms with E-state index in [-0.39, 0.29) is 12.8 Å². The highest BCUT2D eigenvalue weighted by Crippen LogP contribution is 2.22. The van der Waals surface area contributed by atoms with Gasteiger partial charge in [-0.25, -0.2) is 0 Å². The maximum Gasteiger partial charge on any atom is 0.320 e. The molecule has 2 aromatic rings. The molecule has 2 rings (SSSR count). The van der Waals surface area contributed by atoms with Gasteiger partial charge in [-0.2, -0.15) is 0 Å². The van der Waals surface area contributed by atoms with Crippen LogP contribution in [0.3, 0.4) is 0 Å². The van der Waals surface area contributed by atoms with Crippen LogP contribution in [0.1, 0.15) is 12.0 Å². The first-order chi connectivity index (χ1) is 8.89. The van der Waals surface area contributed by atoms with Crippen molar-refractivity contribution in [1.82, 2.24) is 4.98 Å². The van der Waals surface area contributed by atoms with Crippen LogP contribution < -0.4 is 11.5 Å². The molecule has 2 atom stereocenters. The predicted octanol–water partition coefficient (Wildman–Crippen LogP) is 0.160. The van der Waals surface area contributed by atoms with Gasteiger partial charge < -0.3 is 26.7 Å². The van der Waals surface area contributed by atoms with Gasteiger partial charge in [0.15, 0.2) is 0 Å². The van der Waals surface area contributed by atoms with Crippen LogP contribution in [0.25, 0.3) is 10.9 Å². The number of aliphatic carboxylic acids is 1. The standard InChI is InChI=1S/C13H17N3O3/c14-10(12(17)18)6-13(15,19)5-8-7-16-11-4-2-1-3-9(8)11/h1-4,7,10,16,19H,5-6,14-15H2,(H,17,18). The lowest BCUT2D eigenvalue weighted by Gasteiger charge is -2.24. The van der Waals surface area contributed by atoms with Gasteiger partial charge in [0.05, 0.1) is 0 Å². The number of rotatable bonds is 5. The summed E-state index contributed by atoms with van der Waals surface area (Å²) in [4.78, 5) is 13.8. The maximum absolute atomic E-state index is 10.7. The summed E-state index contributed by atoms with van der Waals surface area (Å²) in [6.07, 6.45) is 1.69. The van der Waals surface area contributed by atoms with Crippen molar-refractivity contribution in [1.29, 1.82) is 0 Å². The summed E-state index contributed by atoms with van der Waals surface area (Å²) in [6, 6.07) is 6.43. The third-order valence-corrected chi connectivity index (χ3v) is 3.06. The Hall–Kier alpha value is -1.89. The second-order valence-electron chi connectivity index (χ2n) is 4.79. The Labute approximate surface area is 110 Å². The number of carboxylic acid groups (broad SMARTS) is 1. The van der Waals surface area contributed by atoms with Gasteiger partial charge in [0, 0.05) is 29.9 Å². The SMILES string of the molecule is NC(CC(N)(O)Cc1c[nH]c2ccccc12)C(=O)O. The number of aliphatic hydroxyl groups is 1. The molecule has 2 unspecified atom stereocenters. The lowest BCUT2D eigenvalue weighted by molar-refractivity contribution is -0.140. The third kappa shape index (κ3) is 3.11.